The molecule has 0 radical (unpaired) electrons. The molecule has 3 aliphatic rings. The summed E-state index contributed by atoms with van der Waals surface area (Å²) in [5, 5.41) is 5.50. The van der Waals surface area contributed by atoms with Gasteiger partial charge >= 0.3 is 6.01 Å². The summed E-state index contributed by atoms with van der Waals surface area (Å²) in [5.41, 5.74) is -0.0267. The summed E-state index contributed by atoms with van der Waals surface area (Å²) in [6.45, 7) is 10.1. The number of fused-ring (bicyclic) bond motifs is 3. The third-order valence-corrected chi connectivity index (χ3v) is 10.7. The summed E-state index contributed by atoms with van der Waals surface area (Å²) in [6.07, 6.45) is 7.99. The van der Waals surface area contributed by atoms with Crippen molar-refractivity contribution in [3.63, 3.8) is 0 Å². The van der Waals surface area contributed by atoms with E-state index in [4.69, 9.17) is 23.7 Å². The van der Waals surface area contributed by atoms with E-state index in [-0.39, 0.29) is 42.1 Å². The lowest BCUT2D eigenvalue weighted by Gasteiger charge is -2.34. The predicted octanol–water partition coefficient (Wildman–Crippen LogP) is 7.19. The van der Waals surface area contributed by atoms with Crippen molar-refractivity contribution in [2.75, 3.05) is 51.6 Å². The van der Waals surface area contributed by atoms with Crippen molar-refractivity contribution >= 4 is 39.6 Å². The molecule has 0 amide bonds. The molecular weight excluding hydrogens is 687 g/mol. The van der Waals surface area contributed by atoms with Crippen LogP contribution in [0.1, 0.15) is 49.4 Å². The molecule has 1 unspecified atom stereocenters. The van der Waals surface area contributed by atoms with Crippen LogP contribution in [0.25, 0.3) is 45.1 Å². The Kier molecular flexibility index (Phi) is 9.50. The molecule has 3 fully saturated rings. The van der Waals surface area contributed by atoms with Gasteiger partial charge in [-0.25, -0.2) is 13.2 Å². The number of anilines is 1. The van der Waals surface area contributed by atoms with Crippen molar-refractivity contribution in [3.05, 3.63) is 72.5 Å². The van der Waals surface area contributed by atoms with E-state index in [9.17, 15) is 4.39 Å². The number of alkyl halides is 1. The van der Waals surface area contributed by atoms with Crippen molar-refractivity contribution in [1.82, 2.24) is 30.0 Å². The van der Waals surface area contributed by atoms with Crippen molar-refractivity contribution in [2.45, 2.75) is 50.2 Å². The molecule has 0 N–H and O–H groups in total. The average molecular weight is 728 g/mol. The first kappa shape index (κ1) is 35.0. The number of hydrogen-bond donors (Lipinski definition) is 0. The molecule has 3 saturated heterocycles. The molecule has 3 atom stereocenters. The number of rotatable bonds is 12. The summed E-state index contributed by atoms with van der Waals surface area (Å²) in [5.74, 6) is 0.722. The van der Waals surface area contributed by atoms with E-state index >= 15 is 8.78 Å². The van der Waals surface area contributed by atoms with Crippen molar-refractivity contribution in [3.8, 4) is 23.0 Å². The number of methoxy groups -OCH3 is 1. The Balaban J connectivity index is 1.23. The lowest BCUT2D eigenvalue weighted by Crippen LogP contribution is -2.43. The van der Waals surface area contributed by atoms with Crippen LogP contribution in [0.15, 0.2) is 48.1 Å². The number of halogens is 3. The quantitative estimate of drug-likeness (QED) is 0.122. The molecular formula is C39H40F3N7O4. The molecule has 8 rings (SSSR count). The summed E-state index contributed by atoms with van der Waals surface area (Å²) in [4.78, 5) is 22.8. The second kappa shape index (κ2) is 14.4. The highest BCUT2D eigenvalue weighted by Crippen LogP contribution is 2.42. The van der Waals surface area contributed by atoms with E-state index in [1.165, 1.54) is 25.3 Å². The second-order valence-electron chi connectivity index (χ2n) is 14.1. The molecule has 3 aromatic heterocycles. The van der Waals surface area contributed by atoms with E-state index < -0.39 is 23.3 Å². The number of benzene rings is 2. The van der Waals surface area contributed by atoms with E-state index in [2.05, 4.69) is 43.1 Å². The first-order valence-electron chi connectivity index (χ1n) is 17.9. The number of hydrogen-bond acceptors (Lipinski definition) is 11. The summed E-state index contributed by atoms with van der Waals surface area (Å²) in [6, 6.07) is 6.26. The normalized spacial score (nSPS) is 21.7. The minimum Gasteiger partial charge on any atom is -0.468 e. The SMILES string of the molecule is C=Cc1nc(CC2CCCN(c3nc(OC[C@@]45CCCN4C[C@H](F)C5)nc4c(F)c(-c5cc(OCOC)cc6ccc(F)c(C=C)c56)ncc34)C2)no1. The van der Waals surface area contributed by atoms with E-state index in [0.29, 0.717) is 77.5 Å². The van der Waals surface area contributed by atoms with Crippen molar-refractivity contribution in [1.29, 1.82) is 0 Å². The molecule has 53 heavy (non-hydrogen) atoms. The van der Waals surface area contributed by atoms with Crippen LogP contribution in [-0.2, 0) is 11.2 Å². The van der Waals surface area contributed by atoms with Gasteiger partial charge in [-0.3, -0.25) is 9.88 Å². The monoisotopic (exact) mass is 727 g/mol. The van der Waals surface area contributed by atoms with Crippen LogP contribution in [-0.4, -0.2) is 88.4 Å². The molecule has 5 aromatic rings. The largest absolute Gasteiger partial charge is 0.468 e. The maximum Gasteiger partial charge on any atom is 0.319 e. The van der Waals surface area contributed by atoms with Crippen molar-refractivity contribution < 1.29 is 31.9 Å². The Morgan fingerprint density at radius 1 is 1.06 bits per heavy atom. The minimum absolute atomic E-state index is 0.00518. The van der Waals surface area contributed by atoms with Gasteiger partial charge in [0.25, 0.3) is 0 Å². The number of pyridine rings is 1. The summed E-state index contributed by atoms with van der Waals surface area (Å²) >= 11 is 0. The zero-order chi connectivity index (χ0) is 36.7. The van der Waals surface area contributed by atoms with Gasteiger partial charge in [0.2, 0.25) is 5.89 Å². The number of nitrogens with zero attached hydrogens (tertiary/aromatic N) is 7. The maximum absolute atomic E-state index is 17.2. The van der Waals surface area contributed by atoms with Crippen LogP contribution in [0.4, 0.5) is 19.0 Å². The maximum atomic E-state index is 17.2. The Hall–Kier alpha value is -5.08. The van der Waals surface area contributed by atoms with Gasteiger partial charge in [0.1, 0.15) is 41.4 Å². The Labute approximate surface area is 304 Å². The van der Waals surface area contributed by atoms with E-state index in [1.807, 2.05) is 0 Å². The number of aromatic nitrogens is 5. The van der Waals surface area contributed by atoms with Gasteiger partial charge < -0.3 is 23.6 Å². The average Bonchev–Trinajstić information content (AvgIpc) is 3.87. The first-order valence-corrected chi connectivity index (χ1v) is 17.9. The predicted molar refractivity (Wildman–Crippen MR) is 194 cm³/mol. The minimum atomic E-state index is -0.936. The lowest BCUT2D eigenvalue weighted by molar-refractivity contribution is 0.0512. The highest BCUT2D eigenvalue weighted by molar-refractivity contribution is 6.04. The van der Waals surface area contributed by atoms with E-state index in [0.717, 1.165) is 32.2 Å². The number of piperidine rings is 1. The van der Waals surface area contributed by atoms with Crippen LogP contribution in [0.5, 0.6) is 11.8 Å². The van der Waals surface area contributed by atoms with Gasteiger partial charge in [0, 0.05) is 62.3 Å². The third-order valence-electron chi connectivity index (χ3n) is 10.7. The molecule has 14 heteroatoms. The standard InChI is InChI=1S/C39H40F3N7O4/c1-4-27-30(41)10-9-24-15-26(52-22-50-3)16-28(33(24)27)35-34(42)36-29(18-43-35)37(48-12-6-8-23(19-48)14-31-44-32(5-2)53-47-31)46-38(45-36)51-21-39-11-7-13-49(39)20-25(40)17-39/h4-5,9-10,15-16,18,23,25H,1-2,6-8,11-14,17,19-22H2,3H3/t23?,25-,39+/m1/s1. The smallest absolute Gasteiger partial charge is 0.319 e. The molecule has 3 aliphatic heterocycles. The topological polar surface area (TPSA) is 112 Å². The molecule has 0 bridgehead atoms. The van der Waals surface area contributed by atoms with Crippen molar-refractivity contribution in [2.24, 2.45) is 5.92 Å². The lowest BCUT2D eigenvalue weighted by atomic mass is 9.94. The van der Waals surface area contributed by atoms with Gasteiger partial charge in [0.05, 0.1) is 10.9 Å². The van der Waals surface area contributed by atoms with Crippen LogP contribution in [0, 0.1) is 17.6 Å². The molecule has 0 saturated carbocycles. The summed E-state index contributed by atoms with van der Waals surface area (Å²) < 4.78 is 69.5. The molecule has 276 valence electrons. The molecule has 0 aliphatic carbocycles. The zero-order valence-corrected chi connectivity index (χ0v) is 29.5. The highest BCUT2D eigenvalue weighted by atomic mass is 19.1. The van der Waals surface area contributed by atoms with Crippen LogP contribution in [0.2, 0.25) is 0 Å². The van der Waals surface area contributed by atoms with Gasteiger partial charge in [-0.15, -0.1) is 0 Å². The Bertz CT molecular complexity index is 2200. The van der Waals surface area contributed by atoms with Crippen LogP contribution >= 0.6 is 0 Å². The molecule has 11 nitrogen and oxygen atoms in total. The zero-order valence-electron chi connectivity index (χ0n) is 29.5. The molecule has 0 spiro atoms. The van der Waals surface area contributed by atoms with Crippen LogP contribution in [0.3, 0.4) is 0 Å². The van der Waals surface area contributed by atoms with Crippen LogP contribution < -0.4 is 14.4 Å². The summed E-state index contributed by atoms with van der Waals surface area (Å²) in [7, 11) is 1.50. The fourth-order valence-electron chi connectivity index (χ4n) is 8.32. The fourth-order valence-corrected chi connectivity index (χ4v) is 8.32. The second-order valence-corrected chi connectivity index (χ2v) is 14.1. The Morgan fingerprint density at radius 2 is 1.94 bits per heavy atom. The van der Waals surface area contributed by atoms with Gasteiger partial charge in [0.15, 0.2) is 18.4 Å². The Morgan fingerprint density at radius 3 is 2.75 bits per heavy atom. The van der Waals surface area contributed by atoms with Gasteiger partial charge in [-0.1, -0.05) is 30.5 Å². The van der Waals surface area contributed by atoms with Gasteiger partial charge in [-0.05, 0) is 67.8 Å². The van der Waals surface area contributed by atoms with Gasteiger partial charge in [-0.2, -0.15) is 15.0 Å². The highest BCUT2D eigenvalue weighted by Gasteiger charge is 2.49. The molecule has 2 aromatic carbocycles. The third kappa shape index (κ3) is 6.58. The van der Waals surface area contributed by atoms with E-state index in [1.54, 1.807) is 24.4 Å². The molecule has 6 heterocycles. The first-order chi connectivity index (χ1) is 25.8. The number of ether oxygens (including phenoxy) is 3. The fraction of sp³-hybridized carbons (Fsp3) is 0.410.